The van der Waals surface area contributed by atoms with Crippen LogP contribution in [0.2, 0.25) is 0 Å². The topological polar surface area (TPSA) is 54.4 Å². The lowest BCUT2D eigenvalue weighted by atomic mass is 9.83. The Morgan fingerprint density at radius 1 is 1.58 bits per heavy atom. The van der Waals surface area contributed by atoms with E-state index in [2.05, 4.69) is 0 Å². The third kappa shape index (κ3) is 1.04. The second kappa shape index (κ2) is 2.31. The van der Waals surface area contributed by atoms with Gasteiger partial charge in [-0.05, 0) is 24.7 Å². The Kier molecular flexibility index (Phi) is 1.50. The molecule has 0 aromatic carbocycles. The van der Waals surface area contributed by atoms with Crippen LogP contribution in [-0.2, 0) is 9.59 Å². The van der Waals surface area contributed by atoms with Crippen LogP contribution in [0.3, 0.4) is 0 Å². The Bertz CT molecular complexity index is 246. The molecular formula is C9H12O3. The average Bonchev–Trinajstić information content (AvgIpc) is 2.63. The largest absolute Gasteiger partial charge is 0.481 e. The number of hydrogen-bond donors (Lipinski definition) is 1. The molecule has 2 fully saturated rings. The van der Waals surface area contributed by atoms with Crippen LogP contribution in [-0.4, -0.2) is 16.9 Å². The summed E-state index contributed by atoms with van der Waals surface area (Å²) in [6.07, 6.45) is 3.74. The van der Waals surface area contributed by atoms with E-state index in [1.165, 1.54) is 0 Å². The zero-order chi connectivity index (χ0) is 8.77. The van der Waals surface area contributed by atoms with Gasteiger partial charge < -0.3 is 5.11 Å². The standard InChI is InChI=1S/C9H12O3/c10-6-2-1-3-9(4-6)5-7(9)8(11)12/h7H,1-5H2,(H,11,12). The Balaban J connectivity index is 2.05. The van der Waals surface area contributed by atoms with Crippen molar-refractivity contribution in [2.24, 2.45) is 11.3 Å². The van der Waals surface area contributed by atoms with Gasteiger partial charge in [-0.2, -0.15) is 0 Å². The van der Waals surface area contributed by atoms with Gasteiger partial charge in [0, 0.05) is 12.8 Å². The molecule has 12 heavy (non-hydrogen) atoms. The Labute approximate surface area is 70.8 Å². The van der Waals surface area contributed by atoms with E-state index in [0.29, 0.717) is 12.8 Å². The molecule has 3 heteroatoms. The number of Topliss-reactive ketones (excluding diaryl/α,β-unsaturated/α-hetero) is 1. The molecule has 1 N–H and O–H groups in total. The summed E-state index contributed by atoms with van der Waals surface area (Å²) in [5.74, 6) is -0.684. The minimum absolute atomic E-state index is 0.110. The lowest BCUT2D eigenvalue weighted by molar-refractivity contribution is -0.139. The van der Waals surface area contributed by atoms with E-state index in [-0.39, 0.29) is 17.1 Å². The predicted octanol–water partition coefficient (Wildman–Crippen LogP) is 1.22. The molecule has 0 heterocycles. The van der Waals surface area contributed by atoms with Gasteiger partial charge >= 0.3 is 5.97 Å². The van der Waals surface area contributed by atoms with Crippen molar-refractivity contribution in [2.45, 2.75) is 32.1 Å². The van der Waals surface area contributed by atoms with Gasteiger partial charge in [0.2, 0.25) is 0 Å². The molecule has 2 aliphatic carbocycles. The van der Waals surface area contributed by atoms with Crippen LogP contribution in [0.15, 0.2) is 0 Å². The summed E-state index contributed by atoms with van der Waals surface area (Å²) < 4.78 is 0. The van der Waals surface area contributed by atoms with Crippen molar-refractivity contribution in [1.82, 2.24) is 0 Å². The fourth-order valence-corrected chi connectivity index (χ4v) is 2.38. The van der Waals surface area contributed by atoms with Crippen LogP contribution >= 0.6 is 0 Å². The number of ketones is 1. The molecule has 0 aliphatic heterocycles. The van der Waals surface area contributed by atoms with Gasteiger partial charge in [0.15, 0.2) is 0 Å². The van der Waals surface area contributed by atoms with Crippen molar-refractivity contribution in [1.29, 1.82) is 0 Å². The third-order valence-corrected chi connectivity index (χ3v) is 3.17. The lowest BCUT2D eigenvalue weighted by Gasteiger charge is -2.20. The molecule has 0 aromatic rings. The SMILES string of the molecule is O=C1CCCC2(C1)CC2C(=O)O. The highest BCUT2D eigenvalue weighted by molar-refractivity contribution is 5.83. The zero-order valence-corrected chi connectivity index (χ0v) is 6.88. The number of carboxylic acids is 1. The molecule has 0 amide bonds. The highest BCUT2D eigenvalue weighted by Crippen LogP contribution is 2.60. The van der Waals surface area contributed by atoms with Crippen LogP contribution in [0.1, 0.15) is 32.1 Å². The third-order valence-electron chi connectivity index (χ3n) is 3.17. The molecular weight excluding hydrogens is 156 g/mol. The number of carbonyl (C=O) groups excluding carboxylic acids is 1. The van der Waals surface area contributed by atoms with Gasteiger partial charge in [-0.25, -0.2) is 0 Å². The predicted molar refractivity (Wildman–Crippen MR) is 41.7 cm³/mol. The average molecular weight is 168 g/mol. The van der Waals surface area contributed by atoms with E-state index in [1.54, 1.807) is 0 Å². The molecule has 0 aromatic heterocycles. The van der Waals surface area contributed by atoms with Crippen LogP contribution in [0.25, 0.3) is 0 Å². The second-order valence-corrected chi connectivity index (χ2v) is 4.03. The van der Waals surface area contributed by atoms with E-state index < -0.39 is 5.97 Å². The molecule has 2 saturated carbocycles. The zero-order valence-electron chi connectivity index (χ0n) is 6.88. The normalized spacial score (nSPS) is 40.0. The van der Waals surface area contributed by atoms with Crippen LogP contribution in [0.5, 0.6) is 0 Å². The molecule has 66 valence electrons. The van der Waals surface area contributed by atoms with Crippen LogP contribution in [0.4, 0.5) is 0 Å². The molecule has 2 unspecified atom stereocenters. The van der Waals surface area contributed by atoms with Gasteiger partial charge in [0.25, 0.3) is 0 Å². The summed E-state index contributed by atoms with van der Waals surface area (Å²) in [4.78, 5) is 21.7. The van der Waals surface area contributed by atoms with E-state index in [4.69, 9.17) is 5.11 Å². The van der Waals surface area contributed by atoms with Crippen molar-refractivity contribution in [3.8, 4) is 0 Å². The summed E-state index contributed by atoms with van der Waals surface area (Å²) in [6, 6.07) is 0. The quantitative estimate of drug-likeness (QED) is 0.640. The summed E-state index contributed by atoms with van der Waals surface area (Å²) in [5, 5.41) is 8.75. The minimum Gasteiger partial charge on any atom is -0.481 e. The number of rotatable bonds is 1. The number of carbonyl (C=O) groups is 2. The summed E-state index contributed by atoms with van der Waals surface area (Å²) in [7, 11) is 0. The van der Waals surface area contributed by atoms with Crippen molar-refractivity contribution in [3.63, 3.8) is 0 Å². The molecule has 0 radical (unpaired) electrons. The highest BCUT2D eigenvalue weighted by atomic mass is 16.4. The first-order valence-corrected chi connectivity index (χ1v) is 4.39. The highest BCUT2D eigenvalue weighted by Gasteiger charge is 2.59. The maximum atomic E-state index is 11.1. The van der Waals surface area contributed by atoms with Crippen molar-refractivity contribution in [2.75, 3.05) is 0 Å². The molecule has 3 nitrogen and oxygen atoms in total. The monoisotopic (exact) mass is 168 g/mol. The van der Waals surface area contributed by atoms with E-state index in [1.807, 2.05) is 0 Å². The molecule has 0 bridgehead atoms. The fourth-order valence-electron chi connectivity index (χ4n) is 2.38. The van der Waals surface area contributed by atoms with E-state index in [0.717, 1.165) is 19.3 Å². The van der Waals surface area contributed by atoms with E-state index >= 15 is 0 Å². The smallest absolute Gasteiger partial charge is 0.307 e. The van der Waals surface area contributed by atoms with Crippen molar-refractivity contribution in [3.05, 3.63) is 0 Å². The molecule has 0 saturated heterocycles. The molecule has 2 rings (SSSR count). The van der Waals surface area contributed by atoms with Crippen LogP contribution < -0.4 is 0 Å². The summed E-state index contributed by atoms with van der Waals surface area (Å²) in [5.41, 5.74) is -0.110. The summed E-state index contributed by atoms with van der Waals surface area (Å²) >= 11 is 0. The number of carboxylic acid groups (broad SMARTS) is 1. The Morgan fingerprint density at radius 3 is 2.83 bits per heavy atom. The lowest BCUT2D eigenvalue weighted by Crippen LogP contribution is -2.20. The molecule has 1 spiro atoms. The van der Waals surface area contributed by atoms with Gasteiger partial charge in [-0.15, -0.1) is 0 Å². The summed E-state index contributed by atoms with van der Waals surface area (Å²) in [6.45, 7) is 0. The maximum Gasteiger partial charge on any atom is 0.307 e. The van der Waals surface area contributed by atoms with E-state index in [9.17, 15) is 9.59 Å². The minimum atomic E-state index is -0.718. The second-order valence-electron chi connectivity index (χ2n) is 4.03. The van der Waals surface area contributed by atoms with Gasteiger partial charge in [-0.1, -0.05) is 0 Å². The van der Waals surface area contributed by atoms with Crippen LogP contribution in [0, 0.1) is 11.3 Å². The molecule has 2 aliphatic rings. The van der Waals surface area contributed by atoms with Gasteiger partial charge in [0.1, 0.15) is 5.78 Å². The number of hydrogen-bond acceptors (Lipinski definition) is 2. The van der Waals surface area contributed by atoms with Gasteiger partial charge in [0.05, 0.1) is 5.92 Å². The van der Waals surface area contributed by atoms with Crippen molar-refractivity contribution >= 4 is 11.8 Å². The fraction of sp³-hybridized carbons (Fsp3) is 0.778. The first-order valence-electron chi connectivity index (χ1n) is 4.39. The van der Waals surface area contributed by atoms with Crippen molar-refractivity contribution < 1.29 is 14.7 Å². The Hall–Kier alpha value is -0.860. The first kappa shape index (κ1) is 7.77. The Morgan fingerprint density at radius 2 is 2.33 bits per heavy atom. The van der Waals surface area contributed by atoms with Gasteiger partial charge in [-0.3, -0.25) is 9.59 Å². The number of aliphatic carboxylic acids is 1. The first-order chi connectivity index (χ1) is 5.64. The maximum absolute atomic E-state index is 11.1. The molecule has 2 atom stereocenters.